The van der Waals surface area contributed by atoms with E-state index in [9.17, 15) is 0 Å². The highest BCUT2D eigenvalue weighted by atomic mass is 79.9. The summed E-state index contributed by atoms with van der Waals surface area (Å²) in [6, 6.07) is 8.95. The van der Waals surface area contributed by atoms with Crippen LogP contribution in [0.5, 0.6) is 0 Å². The van der Waals surface area contributed by atoms with Crippen LogP contribution < -0.4 is 5.32 Å². The third-order valence-electron chi connectivity index (χ3n) is 3.88. The highest BCUT2D eigenvalue weighted by molar-refractivity contribution is 9.10. The number of hydrogen-bond donors (Lipinski definition) is 1. The summed E-state index contributed by atoms with van der Waals surface area (Å²) in [7, 11) is 1.79. The number of nitrogens with zero attached hydrogens (tertiary/aromatic N) is 4. The van der Waals surface area contributed by atoms with Crippen molar-refractivity contribution in [1.82, 2.24) is 25.5 Å². The van der Waals surface area contributed by atoms with Gasteiger partial charge in [-0.25, -0.2) is 0 Å². The van der Waals surface area contributed by atoms with Crippen molar-refractivity contribution in [2.75, 3.05) is 0 Å². The zero-order chi connectivity index (χ0) is 13.9. The van der Waals surface area contributed by atoms with Crippen LogP contribution in [0, 0.1) is 5.92 Å². The van der Waals surface area contributed by atoms with Gasteiger partial charge < -0.3 is 5.32 Å². The second-order valence-electron chi connectivity index (χ2n) is 5.30. The van der Waals surface area contributed by atoms with Crippen LogP contribution in [0.25, 0.3) is 0 Å². The number of hydrogen-bond acceptors (Lipinski definition) is 4. The maximum absolute atomic E-state index is 4.22. The summed E-state index contributed by atoms with van der Waals surface area (Å²) in [5.41, 5.74) is 1.33. The maximum Gasteiger partial charge on any atom is 0.188 e. The van der Waals surface area contributed by atoms with E-state index in [1.165, 1.54) is 29.6 Å². The molecule has 1 aliphatic carbocycles. The quantitative estimate of drug-likeness (QED) is 0.912. The summed E-state index contributed by atoms with van der Waals surface area (Å²) in [5, 5.41) is 15.7. The lowest BCUT2D eigenvalue weighted by atomic mass is 9.77. The van der Waals surface area contributed by atoms with E-state index in [4.69, 9.17) is 0 Å². The first-order valence-electron chi connectivity index (χ1n) is 6.94. The molecule has 1 saturated carbocycles. The van der Waals surface area contributed by atoms with E-state index in [-0.39, 0.29) is 0 Å². The van der Waals surface area contributed by atoms with Crippen LogP contribution in [0.1, 0.15) is 36.7 Å². The van der Waals surface area contributed by atoms with Crippen LogP contribution in [0.3, 0.4) is 0 Å². The number of nitrogens with one attached hydrogen (secondary N) is 1. The van der Waals surface area contributed by atoms with Gasteiger partial charge in [0.25, 0.3) is 0 Å². The van der Waals surface area contributed by atoms with E-state index in [2.05, 4.69) is 60.9 Å². The Morgan fingerprint density at radius 1 is 1.35 bits per heavy atom. The standard InChI is InChI=1S/C14H18BrN5/c1-20-18-13(17-19-20)9-16-14(10-3-2-4-10)11-5-7-12(15)8-6-11/h5-8,10,14,16H,2-4,9H2,1H3. The van der Waals surface area contributed by atoms with Crippen LogP contribution in [0.2, 0.25) is 0 Å². The molecule has 106 valence electrons. The second kappa shape index (κ2) is 6.01. The second-order valence-corrected chi connectivity index (χ2v) is 6.21. The van der Waals surface area contributed by atoms with Crippen LogP contribution in [0.4, 0.5) is 0 Å². The molecule has 2 aromatic rings. The maximum atomic E-state index is 4.22. The Labute approximate surface area is 126 Å². The number of rotatable bonds is 5. The Hall–Kier alpha value is -1.27. The van der Waals surface area contributed by atoms with Crippen molar-refractivity contribution in [2.24, 2.45) is 13.0 Å². The highest BCUT2D eigenvalue weighted by Gasteiger charge is 2.28. The van der Waals surface area contributed by atoms with Crippen molar-refractivity contribution >= 4 is 15.9 Å². The Morgan fingerprint density at radius 2 is 2.10 bits per heavy atom. The molecule has 5 nitrogen and oxygen atoms in total. The average Bonchev–Trinajstić information content (AvgIpc) is 2.79. The van der Waals surface area contributed by atoms with Crippen molar-refractivity contribution in [1.29, 1.82) is 0 Å². The molecule has 1 aliphatic rings. The van der Waals surface area contributed by atoms with Crippen molar-refractivity contribution in [3.05, 3.63) is 40.1 Å². The predicted molar refractivity (Wildman–Crippen MR) is 79.9 cm³/mol. The van der Waals surface area contributed by atoms with Gasteiger partial charge in [0.05, 0.1) is 13.6 Å². The van der Waals surface area contributed by atoms with Crippen molar-refractivity contribution in [3.8, 4) is 0 Å². The number of benzene rings is 1. The minimum atomic E-state index is 0.376. The van der Waals surface area contributed by atoms with Gasteiger partial charge in [-0.1, -0.05) is 34.5 Å². The topological polar surface area (TPSA) is 55.6 Å². The first-order chi connectivity index (χ1) is 9.72. The lowest BCUT2D eigenvalue weighted by Crippen LogP contribution is -2.32. The van der Waals surface area contributed by atoms with E-state index in [1.54, 1.807) is 7.05 Å². The monoisotopic (exact) mass is 335 g/mol. The average molecular weight is 336 g/mol. The number of tetrazole rings is 1. The van der Waals surface area contributed by atoms with Gasteiger partial charge in [-0.05, 0) is 41.7 Å². The molecule has 0 aliphatic heterocycles. The molecule has 1 unspecified atom stereocenters. The molecular formula is C14H18BrN5. The predicted octanol–water partition coefficient (Wildman–Crippen LogP) is 2.60. The molecule has 0 saturated heterocycles. The van der Waals surface area contributed by atoms with Crippen molar-refractivity contribution < 1.29 is 0 Å². The Morgan fingerprint density at radius 3 is 2.65 bits per heavy atom. The van der Waals surface area contributed by atoms with E-state index in [0.29, 0.717) is 18.5 Å². The molecular weight excluding hydrogens is 318 g/mol. The van der Waals surface area contributed by atoms with Gasteiger partial charge >= 0.3 is 0 Å². The van der Waals surface area contributed by atoms with Crippen molar-refractivity contribution in [3.63, 3.8) is 0 Å². The third kappa shape index (κ3) is 3.07. The Balaban J connectivity index is 1.71. The van der Waals surface area contributed by atoms with Crippen molar-refractivity contribution in [2.45, 2.75) is 31.8 Å². The molecule has 0 radical (unpaired) electrons. The first kappa shape index (κ1) is 13.7. The molecule has 1 fully saturated rings. The van der Waals surface area contributed by atoms with Gasteiger partial charge in [0.15, 0.2) is 5.82 Å². The first-order valence-corrected chi connectivity index (χ1v) is 7.73. The molecule has 1 aromatic heterocycles. The SMILES string of the molecule is Cn1nnc(CNC(c2ccc(Br)cc2)C2CCC2)n1. The molecule has 1 N–H and O–H groups in total. The number of halogens is 1. The summed E-state index contributed by atoms with van der Waals surface area (Å²) >= 11 is 3.49. The minimum absolute atomic E-state index is 0.376. The van der Waals surface area contributed by atoms with Gasteiger partial charge in [0.1, 0.15) is 0 Å². The van der Waals surface area contributed by atoms with E-state index < -0.39 is 0 Å². The summed E-state index contributed by atoms with van der Waals surface area (Å²) in [6.07, 6.45) is 3.92. The Kier molecular flexibility index (Phi) is 4.12. The van der Waals surface area contributed by atoms with Crippen LogP contribution in [-0.2, 0) is 13.6 Å². The summed E-state index contributed by atoms with van der Waals surface area (Å²) in [4.78, 5) is 1.50. The van der Waals surface area contributed by atoms with Gasteiger partial charge in [-0.15, -0.1) is 10.2 Å². The number of aromatic nitrogens is 4. The highest BCUT2D eigenvalue weighted by Crippen LogP contribution is 2.38. The fourth-order valence-corrected chi connectivity index (χ4v) is 2.86. The molecule has 0 amide bonds. The molecule has 1 heterocycles. The summed E-state index contributed by atoms with van der Waals surface area (Å²) in [5.74, 6) is 1.46. The third-order valence-corrected chi connectivity index (χ3v) is 4.41. The summed E-state index contributed by atoms with van der Waals surface area (Å²) in [6.45, 7) is 0.658. The van der Waals surface area contributed by atoms with Gasteiger partial charge in [0, 0.05) is 10.5 Å². The normalized spacial score (nSPS) is 16.9. The zero-order valence-electron chi connectivity index (χ0n) is 11.5. The van der Waals surface area contributed by atoms with Gasteiger partial charge in [0.2, 0.25) is 0 Å². The fraction of sp³-hybridized carbons (Fsp3) is 0.500. The van der Waals surface area contributed by atoms with Crippen LogP contribution in [-0.4, -0.2) is 20.2 Å². The molecule has 0 spiro atoms. The van der Waals surface area contributed by atoms with Crippen LogP contribution in [0.15, 0.2) is 28.7 Å². The molecule has 3 rings (SSSR count). The lowest BCUT2D eigenvalue weighted by molar-refractivity contribution is 0.228. The fourth-order valence-electron chi connectivity index (χ4n) is 2.60. The molecule has 6 heteroatoms. The molecule has 0 bridgehead atoms. The number of aryl methyl sites for hydroxylation is 1. The van der Waals surface area contributed by atoms with E-state index in [1.807, 2.05) is 0 Å². The molecule has 1 aromatic carbocycles. The van der Waals surface area contributed by atoms with Gasteiger partial charge in [-0.3, -0.25) is 0 Å². The smallest absolute Gasteiger partial charge is 0.188 e. The minimum Gasteiger partial charge on any atom is -0.303 e. The Bertz CT molecular complexity index is 561. The zero-order valence-corrected chi connectivity index (χ0v) is 13.0. The molecule has 20 heavy (non-hydrogen) atoms. The lowest BCUT2D eigenvalue weighted by Gasteiger charge is -2.34. The van der Waals surface area contributed by atoms with Gasteiger partial charge in [-0.2, -0.15) is 4.80 Å². The van der Waals surface area contributed by atoms with E-state index >= 15 is 0 Å². The van der Waals surface area contributed by atoms with Crippen LogP contribution >= 0.6 is 15.9 Å². The summed E-state index contributed by atoms with van der Waals surface area (Å²) < 4.78 is 1.12. The van der Waals surface area contributed by atoms with E-state index in [0.717, 1.165) is 10.3 Å². The molecule has 1 atom stereocenters. The largest absolute Gasteiger partial charge is 0.303 e.